The van der Waals surface area contributed by atoms with E-state index in [1.807, 2.05) is 23.9 Å². The van der Waals surface area contributed by atoms with Crippen molar-refractivity contribution in [3.8, 4) is 0 Å². The summed E-state index contributed by atoms with van der Waals surface area (Å²) in [6.07, 6.45) is 9.94. The number of hydrogen-bond donors (Lipinski definition) is 0. The van der Waals surface area contributed by atoms with E-state index in [0.29, 0.717) is 0 Å². The second-order valence-electron chi connectivity index (χ2n) is 5.02. The fraction of sp³-hybridized carbons (Fsp3) is 0.0556. The highest BCUT2D eigenvalue weighted by Crippen LogP contribution is 2.34. The largest absolute Gasteiger partial charge is 0.334 e. The summed E-state index contributed by atoms with van der Waals surface area (Å²) in [7, 11) is 0. The van der Waals surface area contributed by atoms with Crippen LogP contribution in [0.2, 0.25) is 0 Å². The van der Waals surface area contributed by atoms with Crippen LogP contribution in [0, 0.1) is 0 Å². The summed E-state index contributed by atoms with van der Waals surface area (Å²) in [4.78, 5) is 4.05. The van der Waals surface area contributed by atoms with Gasteiger partial charge in [-0.05, 0) is 23.8 Å². The van der Waals surface area contributed by atoms with Crippen LogP contribution in [0.4, 0.5) is 0 Å². The maximum absolute atomic E-state index is 4.05. The van der Waals surface area contributed by atoms with Crippen LogP contribution in [0.25, 0.3) is 26.2 Å². The van der Waals surface area contributed by atoms with Crippen molar-refractivity contribution in [3.63, 3.8) is 0 Å². The summed E-state index contributed by atoms with van der Waals surface area (Å²) in [5, 5.41) is 2.70. The van der Waals surface area contributed by atoms with Crippen LogP contribution >= 0.6 is 11.3 Å². The molecule has 2 heterocycles. The lowest BCUT2D eigenvalue weighted by atomic mass is 10.1. The van der Waals surface area contributed by atoms with Crippen LogP contribution < -0.4 is 0 Å². The second kappa shape index (κ2) is 5.19. The zero-order chi connectivity index (χ0) is 14.1. The van der Waals surface area contributed by atoms with Crippen molar-refractivity contribution in [3.05, 3.63) is 72.8 Å². The molecule has 0 N–H and O–H groups in total. The Morgan fingerprint density at radius 2 is 1.95 bits per heavy atom. The molecule has 0 saturated carbocycles. The molecule has 2 nitrogen and oxygen atoms in total. The number of imidazole rings is 1. The van der Waals surface area contributed by atoms with Gasteiger partial charge in [0.1, 0.15) is 0 Å². The number of aromatic nitrogens is 2. The first kappa shape index (κ1) is 12.4. The standard InChI is InChI=1S/C18H14N2S/c1-2-6-17-15(5-1)16-12-14(7-8-18(16)21-17)4-3-10-20-11-9-19-13-20/h1-9,11-13H,10H2. The summed E-state index contributed by atoms with van der Waals surface area (Å²) in [5.41, 5.74) is 1.24. The summed E-state index contributed by atoms with van der Waals surface area (Å²) in [6.45, 7) is 0.850. The first-order valence-electron chi connectivity index (χ1n) is 6.94. The molecule has 102 valence electrons. The molecule has 4 aromatic rings. The van der Waals surface area contributed by atoms with Crippen LogP contribution in [0.5, 0.6) is 0 Å². The van der Waals surface area contributed by atoms with E-state index in [0.717, 1.165) is 6.54 Å². The van der Waals surface area contributed by atoms with E-state index in [9.17, 15) is 0 Å². The maximum Gasteiger partial charge on any atom is 0.0948 e. The lowest BCUT2D eigenvalue weighted by Gasteiger charge is -1.97. The zero-order valence-corrected chi connectivity index (χ0v) is 12.3. The number of hydrogen-bond acceptors (Lipinski definition) is 2. The van der Waals surface area contributed by atoms with Crippen molar-refractivity contribution in [2.45, 2.75) is 6.54 Å². The molecule has 21 heavy (non-hydrogen) atoms. The number of benzene rings is 2. The minimum absolute atomic E-state index is 0.850. The second-order valence-corrected chi connectivity index (χ2v) is 6.10. The number of nitrogens with zero attached hydrogens (tertiary/aromatic N) is 2. The van der Waals surface area contributed by atoms with Gasteiger partial charge in [0.25, 0.3) is 0 Å². The van der Waals surface area contributed by atoms with Gasteiger partial charge in [-0.2, -0.15) is 0 Å². The van der Waals surface area contributed by atoms with Crippen molar-refractivity contribution in [2.75, 3.05) is 0 Å². The molecule has 0 radical (unpaired) electrons. The van der Waals surface area contributed by atoms with Gasteiger partial charge in [0, 0.05) is 39.1 Å². The van der Waals surface area contributed by atoms with E-state index in [1.165, 1.54) is 25.7 Å². The summed E-state index contributed by atoms with van der Waals surface area (Å²) >= 11 is 1.86. The average Bonchev–Trinajstić information content (AvgIpc) is 3.14. The third kappa shape index (κ3) is 2.36. The minimum atomic E-state index is 0.850. The summed E-state index contributed by atoms with van der Waals surface area (Å²) in [5.74, 6) is 0. The molecular formula is C18H14N2S. The van der Waals surface area contributed by atoms with Gasteiger partial charge in [-0.1, -0.05) is 36.4 Å². The van der Waals surface area contributed by atoms with Crippen molar-refractivity contribution in [1.29, 1.82) is 0 Å². The predicted molar refractivity (Wildman–Crippen MR) is 90.6 cm³/mol. The fourth-order valence-electron chi connectivity index (χ4n) is 2.55. The van der Waals surface area contributed by atoms with Crippen LogP contribution in [0.3, 0.4) is 0 Å². The molecule has 3 heteroatoms. The Kier molecular flexibility index (Phi) is 3.05. The smallest absolute Gasteiger partial charge is 0.0948 e. The number of allylic oxidation sites excluding steroid dienone is 1. The van der Waals surface area contributed by atoms with E-state index < -0.39 is 0 Å². The third-order valence-corrected chi connectivity index (χ3v) is 4.74. The van der Waals surface area contributed by atoms with E-state index in [-0.39, 0.29) is 0 Å². The van der Waals surface area contributed by atoms with E-state index >= 15 is 0 Å². The van der Waals surface area contributed by atoms with Crippen molar-refractivity contribution in [2.24, 2.45) is 0 Å². The van der Waals surface area contributed by atoms with Crippen LogP contribution in [0.1, 0.15) is 5.56 Å². The highest BCUT2D eigenvalue weighted by atomic mass is 32.1. The summed E-state index contributed by atoms with van der Waals surface area (Å²) < 4.78 is 4.75. The van der Waals surface area contributed by atoms with E-state index in [2.05, 4.69) is 64.2 Å². The number of fused-ring (bicyclic) bond motifs is 3. The molecule has 2 aromatic heterocycles. The number of rotatable bonds is 3. The van der Waals surface area contributed by atoms with Crippen molar-refractivity contribution < 1.29 is 0 Å². The Hall–Kier alpha value is -2.39. The molecule has 4 rings (SSSR count). The monoisotopic (exact) mass is 290 g/mol. The van der Waals surface area contributed by atoms with E-state index in [1.54, 1.807) is 6.20 Å². The zero-order valence-electron chi connectivity index (χ0n) is 11.4. The topological polar surface area (TPSA) is 17.8 Å². The molecule has 0 aliphatic carbocycles. The van der Waals surface area contributed by atoms with Gasteiger partial charge in [0.2, 0.25) is 0 Å². The molecule has 0 aliphatic heterocycles. The van der Waals surface area contributed by atoms with Gasteiger partial charge in [0.15, 0.2) is 0 Å². The maximum atomic E-state index is 4.05. The first-order valence-corrected chi connectivity index (χ1v) is 7.75. The first-order chi connectivity index (χ1) is 10.4. The molecule has 0 fully saturated rings. The Morgan fingerprint density at radius 3 is 2.86 bits per heavy atom. The Balaban J connectivity index is 1.69. The molecule has 0 unspecified atom stereocenters. The summed E-state index contributed by atoms with van der Waals surface area (Å²) in [6, 6.07) is 15.3. The van der Waals surface area contributed by atoms with Gasteiger partial charge in [-0.15, -0.1) is 11.3 Å². The molecule has 0 aliphatic rings. The van der Waals surface area contributed by atoms with Gasteiger partial charge in [0.05, 0.1) is 6.33 Å². The Labute approximate surface area is 127 Å². The highest BCUT2D eigenvalue weighted by Gasteiger charge is 2.03. The van der Waals surface area contributed by atoms with E-state index in [4.69, 9.17) is 0 Å². The SMILES string of the molecule is C(=Cc1ccc2sc3ccccc3c2c1)Cn1ccnc1. The molecule has 2 aromatic carbocycles. The third-order valence-electron chi connectivity index (χ3n) is 3.59. The fourth-order valence-corrected chi connectivity index (χ4v) is 3.64. The Bertz CT molecular complexity index is 917. The molecule has 0 atom stereocenters. The predicted octanol–water partition coefficient (Wildman–Crippen LogP) is 4.96. The molecule has 0 spiro atoms. The molecular weight excluding hydrogens is 276 g/mol. The number of thiophene rings is 1. The van der Waals surface area contributed by atoms with Crippen molar-refractivity contribution >= 4 is 37.6 Å². The molecule has 0 amide bonds. The van der Waals surface area contributed by atoms with Gasteiger partial charge in [-0.3, -0.25) is 0 Å². The average molecular weight is 290 g/mol. The normalized spacial score (nSPS) is 11.8. The Morgan fingerprint density at radius 1 is 1.05 bits per heavy atom. The lowest BCUT2D eigenvalue weighted by molar-refractivity contribution is 0.823. The quantitative estimate of drug-likeness (QED) is 0.521. The van der Waals surface area contributed by atoms with Crippen molar-refractivity contribution in [1.82, 2.24) is 9.55 Å². The van der Waals surface area contributed by atoms with Gasteiger partial charge in [-0.25, -0.2) is 4.98 Å². The van der Waals surface area contributed by atoms with Gasteiger partial charge < -0.3 is 4.57 Å². The van der Waals surface area contributed by atoms with Crippen LogP contribution in [-0.4, -0.2) is 9.55 Å². The van der Waals surface area contributed by atoms with Crippen LogP contribution in [0.15, 0.2) is 67.3 Å². The highest BCUT2D eigenvalue weighted by molar-refractivity contribution is 7.25. The van der Waals surface area contributed by atoms with Crippen LogP contribution in [-0.2, 0) is 6.54 Å². The molecule has 0 bridgehead atoms. The molecule has 0 saturated heterocycles. The minimum Gasteiger partial charge on any atom is -0.334 e. The van der Waals surface area contributed by atoms with Gasteiger partial charge >= 0.3 is 0 Å². The lowest BCUT2D eigenvalue weighted by Crippen LogP contribution is -1.89.